The highest BCUT2D eigenvalue weighted by atomic mass is 32.1. The van der Waals surface area contributed by atoms with Crippen LogP contribution < -0.4 is 20.4 Å². The van der Waals surface area contributed by atoms with E-state index in [4.69, 9.17) is 0 Å². The number of rotatable bonds is 10. The van der Waals surface area contributed by atoms with Crippen LogP contribution in [-0.4, -0.2) is 131 Å². The molecule has 0 aliphatic carbocycles. The number of carbonyl (C=O) groups is 4. The molecule has 1 spiro atoms. The number of carbonyl (C=O) groups excluding carboxylic acids is 4. The smallest absolute Gasteiger partial charge is 0.329 e. The third-order valence-corrected chi connectivity index (χ3v) is 15.0. The van der Waals surface area contributed by atoms with Gasteiger partial charge in [-0.15, -0.1) is 11.3 Å². The van der Waals surface area contributed by atoms with E-state index in [1.807, 2.05) is 21.6 Å². The SMILES string of the molecule is Cn1nc(N2CCC(=O)NC2=O)c2ccc(C3CCN(C(=O)CN4CC5(C4)CN(c4ccc(-c6ccc7cn(C(C(=O)Nc8nccs8)c8ncn9c8CCC9)nc7c6F)cn4)C5)CC3(F)F)cc21. The zero-order chi connectivity index (χ0) is 47.3. The number of aryl methyl sites for hydroxylation is 2. The first kappa shape index (κ1) is 43.1. The molecule has 69 heavy (non-hydrogen) atoms. The number of aromatic nitrogens is 8. The maximum Gasteiger partial charge on any atom is 0.329 e. The average molecular weight is 959 g/mol. The van der Waals surface area contributed by atoms with E-state index in [-0.39, 0.29) is 61.1 Å². The summed E-state index contributed by atoms with van der Waals surface area (Å²) in [5, 5.41) is 17.6. The van der Waals surface area contributed by atoms with Crippen molar-refractivity contribution in [1.29, 1.82) is 0 Å². The van der Waals surface area contributed by atoms with Gasteiger partial charge >= 0.3 is 6.03 Å². The number of halogens is 3. The first-order valence-corrected chi connectivity index (χ1v) is 23.8. The minimum Gasteiger partial charge on any atom is -0.355 e. The molecule has 5 amide bonds. The molecule has 2 atom stereocenters. The second-order valence-corrected chi connectivity index (χ2v) is 19.8. The van der Waals surface area contributed by atoms with Gasteiger partial charge in [0, 0.05) is 116 Å². The number of alkyl halides is 2. The van der Waals surface area contributed by atoms with Crippen molar-refractivity contribution >= 4 is 73.7 Å². The normalized spacial score (nSPS) is 20.3. The van der Waals surface area contributed by atoms with Crippen LogP contribution in [0.2, 0.25) is 0 Å². The van der Waals surface area contributed by atoms with Crippen molar-refractivity contribution in [2.75, 3.05) is 67.5 Å². The summed E-state index contributed by atoms with van der Waals surface area (Å²) in [6, 6.07) is 10.7. The summed E-state index contributed by atoms with van der Waals surface area (Å²) in [4.78, 5) is 71.6. The number of nitrogens with one attached hydrogen (secondary N) is 2. The maximum absolute atomic E-state index is 16.4. The fraction of sp³-hybridized carbons (Fsp3) is 0.383. The molecule has 10 heterocycles. The van der Waals surface area contributed by atoms with Crippen molar-refractivity contribution in [1.82, 2.24) is 54.2 Å². The lowest BCUT2D eigenvalue weighted by Gasteiger charge is -2.60. The van der Waals surface area contributed by atoms with Crippen LogP contribution in [0.5, 0.6) is 0 Å². The third-order valence-electron chi connectivity index (χ3n) is 14.3. The van der Waals surface area contributed by atoms with Gasteiger partial charge in [-0.1, -0.05) is 18.2 Å². The van der Waals surface area contributed by atoms with E-state index in [0.29, 0.717) is 62.7 Å². The number of nitrogens with zero attached hydrogens (tertiary/aromatic N) is 12. The van der Waals surface area contributed by atoms with Crippen molar-refractivity contribution in [3.63, 3.8) is 0 Å². The molecule has 2 N–H and O–H groups in total. The van der Waals surface area contributed by atoms with Gasteiger partial charge in [0.05, 0.1) is 36.5 Å². The Kier molecular flexibility index (Phi) is 10.1. The van der Waals surface area contributed by atoms with E-state index >= 15 is 13.2 Å². The van der Waals surface area contributed by atoms with E-state index < -0.39 is 36.3 Å². The lowest BCUT2D eigenvalue weighted by Crippen LogP contribution is -2.73. The number of hydrogen-bond donors (Lipinski definition) is 2. The van der Waals surface area contributed by atoms with Gasteiger partial charge in [0.15, 0.2) is 22.8 Å². The summed E-state index contributed by atoms with van der Waals surface area (Å²) in [5.41, 5.74) is 3.55. The Morgan fingerprint density at radius 2 is 1.83 bits per heavy atom. The van der Waals surface area contributed by atoms with Gasteiger partial charge < -0.3 is 14.4 Å². The van der Waals surface area contributed by atoms with E-state index in [0.717, 1.165) is 44.0 Å². The number of imidazole rings is 1. The van der Waals surface area contributed by atoms with Gasteiger partial charge in [0.2, 0.25) is 11.8 Å². The van der Waals surface area contributed by atoms with Crippen LogP contribution in [0.3, 0.4) is 0 Å². The molecule has 0 bridgehead atoms. The minimum absolute atomic E-state index is 0.0290. The number of thiazole rings is 1. The molecule has 2 aromatic carbocycles. The second-order valence-electron chi connectivity index (χ2n) is 18.9. The molecule has 5 aliphatic rings. The molecule has 5 aliphatic heterocycles. The zero-order valence-corrected chi connectivity index (χ0v) is 38.1. The molecule has 2 unspecified atom stereocenters. The topological polar surface area (TPSA) is 185 Å². The molecule has 4 fully saturated rings. The molecular weight excluding hydrogens is 914 g/mol. The number of fused-ring (bicyclic) bond motifs is 3. The fourth-order valence-corrected chi connectivity index (χ4v) is 11.5. The highest BCUT2D eigenvalue weighted by molar-refractivity contribution is 7.13. The number of likely N-dealkylation sites (tertiary alicyclic amines) is 2. The minimum atomic E-state index is -3.17. The van der Waals surface area contributed by atoms with Crippen molar-refractivity contribution in [2.24, 2.45) is 12.5 Å². The molecular formula is C47H45F3N14O4S. The summed E-state index contributed by atoms with van der Waals surface area (Å²) in [5.74, 6) is -4.76. The lowest BCUT2D eigenvalue weighted by atomic mass is 9.73. The standard InChI is InChI=1S/C47H45F3N14O4S/c1-58-34-17-27(4-8-31(34)42(57-58)63-15-11-36(65)54-45(63)68)32-10-14-60(25-47(32,49)50)37(66)20-59-21-46(22-59)23-62(24-46)35-9-6-28(18-52-35)30-7-5-29-19-64(56-39(29)38(30)48)41(43(67)55-44-51-12-16-69-44)40-33-3-2-13-61(33)26-53-40/h4-9,12,16-19,26,32,41H,2-3,10-11,13-15,20-25H2,1H3,(H,51,55,67)(H,54,65,68). The first-order valence-electron chi connectivity index (χ1n) is 22.9. The van der Waals surface area contributed by atoms with Crippen LogP contribution in [0.15, 0.2) is 72.8 Å². The Morgan fingerprint density at radius 3 is 2.59 bits per heavy atom. The highest BCUT2D eigenvalue weighted by Crippen LogP contribution is 2.44. The summed E-state index contributed by atoms with van der Waals surface area (Å²) >= 11 is 1.30. The van der Waals surface area contributed by atoms with Gasteiger partial charge in [-0.2, -0.15) is 10.2 Å². The van der Waals surface area contributed by atoms with Crippen LogP contribution >= 0.6 is 11.3 Å². The molecule has 5 aromatic heterocycles. The Balaban J connectivity index is 0.658. The van der Waals surface area contributed by atoms with E-state index in [9.17, 15) is 19.2 Å². The molecule has 0 saturated carbocycles. The Bertz CT molecular complexity index is 3210. The predicted octanol–water partition coefficient (Wildman–Crippen LogP) is 5.17. The van der Waals surface area contributed by atoms with Crippen LogP contribution in [0.25, 0.3) is 32.9 Å². The quantitative estimate of drug-likeness (QED) is 0.184. The lowest BCUT2D eigenvalue weighted by molar-refractivity contribution is -0.149. The summed E-state index contributed by atoms with van der Waals surface area (Å²) < 4.78 is 53.2. The van der Waals surface area contributed by atoms with Gasteiger partial charge in [-0.05, 0) is 49.1 Å². The number of hydrogen-bond acceptors (Lipinski definition) is 12. The van der Waals surface area contributed by atoms with Crippen LogP contribution in [0.4, 0.5) is 34.7 Å². The molecule has 7 aromatic rings. The van der Waals surface area contributed by atoms with Crippen molar-refractivity contribution in [3.8, 4) is 11.1 Å². The number of amides is 5. The third kappa shape index (κ3) is 7.47. The number of piperidine rings is 1. The number of pyridine rings is 1. The second kappa shape index (κ2) is 16.2. The van der Waals surface area contributed by atoms with Crippen LogP contribution in [-0.2, 0) is 34.4 Å². The summed E-state index contributed by atoms with van der Waals surface area (Å²) in [7, 11) is 1.68. The number of imide groups is 1. The highest BCUT2D eigenvalue weighted by Gasteiger charge is 2.53. The van der Waals surface area contributed by atoms with Gasteiger partial charge in [-0.25, -0.2) is 32.9 Å². The molecule has 12 rings (SSSR count). The molecule has 0 radical (unpaired) electrons. The molecule has 18 nitrogen and oxygen atoms in total. The monoisotopic (exact) mass is 958 g/mol. The van der Waals surface area contributed by atoms with Crippen molar-refractivity contribution < 1.29 is 32.3 Å². The fourth-order valence-electron chi connectivity index (χ4n) is 11.0. The molecule has 354 valence electrons. The Hall–Kier alpha value is -7.20. The van der Waals surface area contributed by atoms with E-state index in [1.165, 1.54) is 25.8 Å². The van der Waals surface area contributed by atoms with Crippen LogP contribution in [0, 0.1) is 11.2 Å². The number of urea groups is 1. The summed E-state index contributed by atoms with van der Waals surface area (Å²) in [6.45, 7) is 3.34. The van der Waals surface area contributed by atoms with E-state index in [2.05, 4.69) is 40.7 Å². The summed E-state index contributed by atoms with van der Waals surface area (Å²) in [6.07, 6.45) is 8.60. The van der Waals surface area contributed by atoms with Gasteiger partial charge in [0.25, 0.3) is 11.8 Å². The zero-order valence-electron chi connectivity index (χ0n) is 37.3. The van der Waals surface area contributed by atoms with Crippen molar-refractivity contribution in [3.05, 3.63) is 95.5 Å². The Labute approximate surface area is 395 Å². The average Bonchev–Trinajstić information content (AvgIpc) is 4.16. The van der Waals surface area contributed by atoms with Crippen molar-refractivity contribution in [2.45, 2.75) is 50.1 Å². The molecule has 22 heteroatoms. The molecule has 4 saturated heterocycles. The maximum atomic E-state index is 16.4. The van der Waals surface area contributed by atoms with Gasteiger partial charge in [-0.3, -0.25) is 44.2 Å². The van der Waals surface area contributed by atoms with Gasteiger partial charge in [0.1, 0.15) is 11.3 Å². The Morgan fingerprint density at radius 1 is 0.971 bits per heavy atom. The van der Waals surface area contributed by atoms with E-state index in [1.54, 1.807) is 72.4 Å². The predicted molar refractivity (Wildman–Crippen MR) is 249 cm³/mol. The number of benzene rings is 2. The number of anilines is 3. The first-order chi connectivity index (χ1) is 33.3. The largest absolute Gasteiger partial charge is 0.355 e. The van der Waals surface area contributed by atoms with Crippen LogP contribution in [0.1, 0.15) is 48.2 Å².